The molecule has 0 amide bonds. The minimum Gasteiger partial charge on any atom is -0.870 e. The van der Waals surface area contributed by atoms with Crippen molar-refractivity contribution in [2.45, 2.75) is 6.92 Å². The summed E-state index contributed by atoms with van der Waals surface area (Å²) in [6.45, 7) is 1.08. The van der Waals surface area contributed by atoms with E-state index in [1.807, 2.05) is 0 Å². The molecule has 0 aliphatic heterocycles. The van der Waals surface area contributed by atoms with Gasteiger partial charge in [-0.05, 0) is 0 Å². The van der Waals surface area contributed by atoms with Gasteiger partial charge in [-0.1, -0.05) is 0 Å². The minimum absolute atomic E-state index is 0. The number of carbonyl (C=O) groups is 1. The Balaban J connectivity index is -0.0000000183. The molecule has 0 radical (unpaired) electrons. The second-order valence-electron chi connectivity index (χ2n) is 0.519. The average Bonchev–Trinajstić information content (AvgIpc) is 1.41. The molecule has 0 atom stereocenters. The summed E-state index contributed by atoms with van der Waals surface area (Å²) in [6.07, 6.45) is 0. The standard InChI is InChI=1S/C2H4O2.K.H2O2.H2O/c1-2(3)4;;1-2;/h1H3,(H,3,4);;1-2H;1H2/q;+1;;/p-1. The molecule has 0 spiro atoms. The van der Waals surface area contributed by atoms with Crippen molar-refractivity contribution >= 4 is 5.97 Å². The summed E-state index contributed by atoms with van der Waals surface area (Å²) in [4.78, 5) is 9.00. The van der Waals surface area contributed by atoms with Crippen LogP contribution in [-0.4, -0.2) is 27.1 Å². The van der Waals surface area contributed by atoms with Crippen LogP contribution in [0.5, 0.6) is 0 Å². The van der Waals surface area contributed by atoms with Crippen LogP contribution >= 0.6 is 0 Å². The van der Waals surface area contributed by atoms with Gasteiger partial charge in [0.05, 0.1) is 0 Å². The van der Waals surface area contributed by atoms with Crippen molar-refractivity contribution in [3.8, 4) is 0 Å². The van der Waals surface area contributed by atoms with Gasteiger partial charge < -0.3 is 10.6 Å². The van der Waals surface area contributed by atoms with Gasteiger partial charge in [0.2, 0.25) is 0 Å². The van der Waals surface area contributed by atoms with Crippen LogP contribution < -0.4 is 51.4 Å². The largest absolute Gasteiger partial charge is 1.00 e. The van der Waals surface area contributed by atoms with E-state index in [-0.39, 0.29) is 56.9 Å². The van der Waals surface area contributed by atoms with Crippen LogP contribution in [0.25, 0.3) is 0 Å². The minimum atomic E-state index is -0.833. The fourth-order valence-corrected chi connectivity index (χ4v) is 0. The Morgan fingerprint density at radius 2 is 1.38 bits per heavy atom. The van der Waals surface area contributed by atoms with E-state index in [1.54, 1.807) is 0 Å². The van der Waals surface area contributed by atoms with Gasteiger partial charge in [0, 0.05) is 6.92 Å². The molecule has 8 heavy (non-hydrogen) atoms. The normalized spacial score (nSPS) is 3.88. The third-order valence-corrected chi connectivity index (χ3v) is 0. The summed E-state index contributed by atoms with van der Waals surface area (Å²) in [7, 11) is 0. The third-order valence-electron chi connectivity index (χ3n) is 0. The molecule has 0 unspecified atom stereocenters. The second kappa shape index (κ2) is 24.5. The molecule has 0 fully saturated rings. The zero-order valence-corrected chi connectivity index (χ0v) is 7.82. The first kappa shape index (κ1) is 23.1. The smallest absolute Gasteiger partial charge is 0.870 e. The van der Waals surface area contributed by atoms with Crippen LogP contribution in [0.1, 0.15) is 6.92 Å². The zero-order valence-electron chi connectivity index (χ0n) is 4.70. The molecule has 46 valence electrons. The van der Waals surface area contributed by atoms with Gasteiger partial charge in [-0.2, -0.15) is 0 Å². The molecular formula is C2H7KO5. The average molecular weight is 150 g/mol. The maximum atomic E-state index is 9.00. The van der Waals surface area contributed by atoms with Crippen LogP contribution in [0.4, 0.5) is 0 Å². The SMILES string of the molecule is CC(=O)O.OO.[K+].[OH-]. The molecule has 0 aromatic carbocycles. The summed E-state index contributed by atoms with van der Waals surface area (Å²) in [6, 6.07) is 0. The van der Waals surface area contributed by atoms with E-state index in [2.05, 4.69) is 0 Å². The number of hydrogen-bond donors (Lipinski definition) is 3. The van der Waals surface area contributed by atoms with Crippen molar-refractivity contribution in [3.63, 3.8) is 0 Å². The van der Waals surface area contributed by atoms with Crippen molar-refractivity contribution in [3.05, 3.63) is 0 Å². The van der Waals surface area contributed by atoms with E-state index >= 15 is 0 Å². The molecule has 0 aromatic heterocycles. The summed E-state index contributed by atoms with van der Waals surface area (Å²) in [5.74, 6) is -0.833. The van der Waals surface area contributed by atoms with E-state index < -0.39 is 5.97 Å². The van der Waals surface area contributed by atoms with Crippen LogP contribution in [-0.2, 0) is 4.79 Å². The van der Waals surface area contributed by atoms with E-state index in [1.165, 1.54) is 0 Å². The van der Waals surface area contributed by atoms with Gasteiger partial charge in [-0.25, -0.2) is 0 Å². The van der Waals surface area contributed by atoms with Gasteiger partial charge in [0.1, 0.15) is 0 Å². The molecule has 0 heterocycles. The van der Waals surface area contributed by atoms with E-state index in [4.69, 9.17) is 20.4 Å². The molecule has 0 rings (SSSR count). The third kappa shape index (κ3) is 257. The Morgan fingerprint density at radius 1 is 1.38 bits per heavy atom. The number of aliphatic carboxylic acids is 1. The summed E-state index contributed by atoms with van der Waals surface area (Å²) in [5.41, 5.74) is 0. The van der Waals surface area contributed by atoms with E-state index in [9.17, 15) is 0 Å². The van der Waals surface area contributed by atoms with Crippen molar-refractivity contribution in [1.82, 2.24) is 0 Å². The van der Waals surface area contributed by atoms with Gasteiger partial charge in [0.25, 0.3) is 5.97 Å². The molecule has 0 aliphatic carbocycles. The Bertz CT molecular complexity index is 33.4. The Kier molecular flexibility index (Phi) is 70.7. The van der Waals surface area contributed by atoms with Crippen molar-refractivity contribution < 1.29 is 77.3 Å². The van der Waals surface area contributed by atoms with Crippen LogP contribution in [0, 0.1) is 0 Å². The number of carboxylic acid groups (broad SMARTS) is 1. The maximum absolute atomic E-state index is 9.00. The fraction of sp³-hybridized carbons (Fsp3) is 0.500. The number of carboxylic acids is 1. The van der Waals surface area contributed by atoms with E-state index in [0.29, 0.717) is 0 Å². The topological polar surface area (TPSA) is 108 Å². The quantitative estimate of drug-likeness (QED) is 0.193. The molecule has 0 aromatic rings. The molecule has 0 bridgehead atoms. The number of rotatable bonds is 0. The molecule has 6 heteroatoms. The summed E-state index contributed by atoms with van der Waals surface area (Å²) < 4.78 is 0. The van der Waals surface area contributed by atoms with E-state index in [0.717, 1.165) is 6.92 Å². The Hall–Kier alpha value is 0.986. The van der Waals surface area contributed by atoms with Gasteiger partial charge in [-0.15, -0.1) is 0 Å². The zero-order chi connectivity index (χ0) is 5.58. The second-order valence-corrected chi connectivity index (χ2v) is 0.519. The van der Waals surface area contributed by atoms with Crippen LogP contribution in [0.15, 0.2) is 0 Å². The Morgan fingerprint density at radius 3 is 1.38 bits per heavy atom. The van der Waals surface area contributed by atoms with Gasteiger partial charge in [-0.3, -0.25) is 15.3 Å². The predicted octanol–water partition coefficient (Wildman–Crippen LogP) is -3.06. The van der Waals surface area contributed by atoms with Gasteiger partial charge in [0.15, 0.2) is 0 Å². The van der Waals surface area contributed by atoms with Gasteiger partial charge >= 0.3 is 51.4 Å². The Labute approximate surface area is 89.0 Å². The van der Waals surface area contributed by atoms with Crippen LogP contribution in [0.2, 0.25) is 0 Å². The van der Waals surface area contributed by atoms with Crippen molar-refractivity contribution in [2.24, 2.45) is 0 Å². The number of hydrogen-bond acceptors (Lipinski definition) is 4. The monoisotopic (exact) mass is 150 g/mol. The molecular weight excluding hydrogens is 143 g/mol. The first-order chi connectivity index (χ1) is 2.73. The maximum Gasteiger partial charge on any atom is 1.00 e. The van der Waals surface area contributed by atoms with Crippen molar-refractivity contribution in [2.75, 3.05) is 0 Å². The fourth-order valence-electron chi connectivity index (χ4n) is 0. The summed E-state index contributed by atoms with van der Waals surface area (Å²) in [5, 5.41) is 19.4. The predicted molar refractivity (Wildman–Crippen MR) is 20.5 cm³/mol. The molecule has 4 N–H and O–H groups in total. The molecule has 0 aliphatic rings. The first-order valence-electron chi connectivity index (χ1n) is 1.13. The molecule has 5 nitrogen and oxygen atoms in total. The first-order valence-corrected chi connectivity index (χ1v) is 1.13. The summed E-state index contributed by atoms with van der Waals surface area (Å²) >= 11 is 0. The van der Waals surface area contributed by atoms with Crippen molar-refractivity contribution in [1.29, 1.82) is 0 Å². The molecule has 0 saturated heterocycles. The molecule has 0 saturated carbocycles. The van der Waals surface area contributed by atoms with Crippen LogP contribution in [0.3, 0.4) is 0 Å².